The second-order valence-corrected chi connectivity index (χ2v) is 9.38. The highest BCUT2D eigenvalue weighted by molar-refractivity contribution is 6.01. The summed E-state index contributed by atoms with van der Waals surface area (Å²) < 4.78 is 47.9. The lowest BCUT2D eigenvalue weighted by molar-refractivity contribution is -0.144. The van der Waals surface area contributed by atoms with Gasteiger partial charge in [0.15, 0.2) is 0 Å². The number of ether oxygens (including phenoxy) is 1. The van der Waals surface area contributed by atoms with Crippen molar-refractivity contribution in [2.75, 3.05) is 12.0 Å². The Labute approximate surface area is 216 Å². The first-order valence-electron chi connectivity index (χ1n) is 12.0. The molecule has 0 bridgehead atoms. The minimum atomic E-state index is -3.60. The molecule has 1 aromatic heterocycles. The first-order valence-corrected chi connectivity index (χ1v) is 12.0. The number of rotatable bonds is 6. The van der Waals surface area contributed by atoms with Gasteiger partial charge in [-0.25, -0.2) is 9.07 Å². The quantitative estimate of drug-likeness (QED) is 0.385. The molecule has 2 amide bonds. The van der Waals surface area contributed by atoms with Gasteiger partial charge in [-0.15, -0.1) is 0 Å². The SMILES string of the molecule is COc1ccc([C@@H]2[C@@H](NC(=O)C(C)(F)F)[C@H](C)C(=O)N2c2ccc3c(cnn3-c3ccc(F)cc3)c2)cc1. The molecule has 2 heterocycles. The molecule has 0 aliphatic carbocycles. The molecular weight excluding hydrogens is 497 g/mol. The van der Waals surface area contributed by atoms with E-state index in [0.717, 1.165) is 5.52 Å². The number of methoxy groups -OCH3 is 1. The van der Waals surface area contributed by atoms with Crippen molar-refractivity contribution >= 4 is 28.4 Å². The van der Waals surface area contributed by atoms with E-state index in [1.807, 2.05) is 0 Å². The van der Waals surface area contributed by atoms with Gasteiger partial charge in [-0.05, 0) is 60.2 Å². The number of hydrogen-bond donors (Lipinski definition) is 1. The molecule has 10 heteroatoms. The van der Waals surface area contributed by atoms with Crippen molar-refractivity contribution in [3.63, 3.8) is 0 Å². The molecule has 1 aliphatic rings. The number of nitrogens with zero attached hydrogens (tertiary/aromatic N) is 3. The van der Waals surface area contributed by atoms with Crippen molar-refractivity contribution in [1.29, 1.82) is 0 Å². The fraction of sp³-hybridized carbons (Fsp3) is 0.250. The van der Waals surface area contributed by atoms with Gasteiger partial charge in [0.2, 0.25) is 5.91 Å². The lowest BCUT2D eigenvalue weighted by atomic mass is 9.94. The van der Waals surface area contributed by atoms with Crippen LogP contribution in [0.2, 0.25) is 0 Å². The van der Waals surface area contributed by atoms with E-state index in [0.29, 0.717) is 35.0 Å². The van der Waals surface area contributed by atoms with Crippen molar-refractivity contribution < 1.29 is 27.5 Å². The van der Waals surface area contributed by atoms with Gasteiger partial charge in [0, 0.05) is 18.0 Å². The number of carbonyl (C=O) groups is 2. The summed E-state index contributed by atoms with van der Waals surface area (Å²) in [6, 6.07) is 16.5. The lowest BCUT2D eigenvalue weighted by Gasteiger charge is -2.30. The molecule has 0 unspecified atom stereocenters. The molecule has 3 aromatic carbocycles. The molecule has 4 aromatic rings. The number of alkyl halides is 2. The van der Waals surface area contributed by atoms with E-state index in [1.54, 1.807) is 72.4 Å². The van der Waals surface area contributed by atoms with E-state index >= 15 is 0 Å². The third kappa shape index (κ3) is 4.46. The highest BCUT2D eigenvalue weighted by atomic mass is 19.3. The predicted octanol–water partition coefficient (Wildman–Crippen LogP) is 5.04. The standard InChI is InChI=1S/C28H25F3N4O3/c1-16-24(33-27(37)28(2,30)31)25(17-4-11-22(38-3)12-5-17)34(26(16)36)21-10-13-23-18(14-21)15-32-35(23)20-8-6-19(29)7-9-20/h4-16,24-25H,1-3H3,(H,33,37)/t16-,24-,25+/m0/s1. The Kier molecular flexibility index (Phi) is 6.34. The minimum Gasteiger partial charge on any atom is -0.497 e. The topological polar surface area (TPSA) is 76.5 Å². The summed E-state index contributed by atoms with van der Waals surface area (Å²) in [4.78, 5) is 27.4. The van der Waals surface area contributed by atoms with Crippen LogP contribution in [0.15, 0.2) is 72.9 Å². The summed E-state index contributed by atoms with van der Waals surface area (Å²) in [5.74, 6) is -5.91. The second kappa shape index (κ2) is 9.51. The van der Waals surface area contributed by atoms with E-state index in [9.17, 15) is 22.8 Å². The van der Waals surface area contributed by atoms with E-state index < -0.39 is 29.8 Å². The molecule has 5 rings (SSSR count). The number of anilines is 1. The van der Waals surface area contributed by atoms with Crippen molar-refractivity contribution in [2.24, 2.45) is 5.92 Å². The lowest BCUT2D eigenvalue weighted by Crippen LogP contribution is -2.48. The zero-order chi connectivity index (χ0) is 27.2. The van der Waals surface area contributed by atoms with Gasteiger partial charge in [-0.3, -0.25) is 9.59 Å². The highest BCUT2D eigenvalue weighted by Crippen LogP contribution is 2.42. The Morgan fingerprint density at radius 2 is 1.68 bits per heavy atom. The van der Waals surface area contributed by atoms with Crippen LogP contribution in [0, 0.1) is 11.7 Å². The number of benzene rings is 3. The van der Waals surface area contributed by atoms with Crippen LogP contribution in [0.1, 0.15) is 25.5 Å². The molecule has 196 valence electrons. The second-order valence-electron chi connectivity index (χ2n) is 9.38. The van der Waals surface area contributed by atoms with Crippen LogP contribution in [0.25, 0.3) is 16.6 Å². The normalized spacial score (nSPS) is 19.7. The Morgan fingerprint density at radius 1 is 1.03 bits per heavy atom. The van der Waals surface area contributed by atoms with Crippen LogP contribution in [0.4, 0.5) is 18.9 Å². The number of hydrogen-bond acceptors (Lipinski definition) is 4. The zero-order valence-corrected chi connectivity index (χ0v) is 20.9. The Hall–Kier alpha value is -4.34. The number of aromatic nitrogens is 2. The van der Waals surface area contributed by atoms with Crippen LogP contribution in [-0.4, -0.2) is 40.7 Å². The Morgan fingerprint density at radius 3 is 2.32 bits per heavy atom. The summed E-state index contributed by atoms with van der Waals surface area (Å²) in [5, 5.41) is 7.54. The molecule has 1 aliphatic heterocycles. The fourth-order valence-electron chi connectivity index (χ4n) is 4.83. The zero-order valence-electron chi connectivity index (χ0n) is 20.9. The van der Waals surface area contributed by atoms with Gasteiger partial charge in [0.05, 0.1) is 42.5 Å². The Balaban J connectivity index is 1.57. The fourth-order valence-corrected chi connectivity index (χ4v) is 4.83. The Bertz CT molecular complexity index is 1500. The molecule has 1 fully saturated rings. The van der Waals surface area contributed by atoms with Gasteiger partial charge in [-0.1, -0.05) is 19.1 Å². The van der Waals surface area contributed by atoms with E-state index in [2.05, 4.69) is 10.4 Å². The van der Waals surface area contributed by atoms with Crippen molar-refractivity contribution in [2.45, 2.75) is 31.9 Å². The van der Waals surface area contributed by atoms with E-state index in [1.165, 1.54) is 24.1 Å². The minimum absolute atomic E-state index is 0.319. The monoisotopic (exact) mass is 522 g/mol. The molecule has 0 saturated carbocycles. The number of nitrogens with one attached hydrogen (secondary N) is 1. The van der Waals surface area contributed by atoms with E-state index in [-0.39, 0.29) is 11.7 Å². The van der Waals surface area contributed by atoms with Crippen molar-refractivity contribution in [1.82, 2.24) is 15.1 Å². The summed E-state index contributed by atoms with van der Waals surface area (Å²) in [7, 11) is 1.52. The number of halogens is 3. The first-order chi connectivity index (χ1) is 18.1. The molecule has 0 radical (unpaired) electrons. The van der Waals surface area contributed by atoms with Crippen LogP contribution in [0.5, 0.6) is 5.75 Å². The third-order valence-electron chi connectivity index (χ3n) is 6.84. The smallest absolute Gasteiger partial charge is 0.321 e. The maximum absolute atomic E-state index is 13.8. The summed E-state index contributed by atoms with van der Waals surface area (Å²) in [6.07, 6.45) is 1.63. The number of amides is 2. The largest absolute Gasteiger partial charge is 0.497 e. The van der Waals surface area contributed by atoms with Crippen LogP contribution < -0.4 is 15.0 Å². The number of carbonyl (C=O) groups excluding carboxylic acids is 2. The van der Waals surface area contributed by atoms with Crippen LogP contribution >= 0.6 is 0 Å². The molecule has 3 atom stereocenters. The maximum atomic E-state index is 13.8. The van der Waals surface area contributed by atoms with Crippen molar-refractivity contribution in [3.8, 4) is 11.4 Å². The van der Waals surface area contributed by atoms with Crippen LogP contribution in [-0.2, 0) is 9.59 Å². The maximum Gasteiger partial charge on any atom is 0.321 e. The van der Waals surface area contributed by atoms with Crippen LogP contribution in [0.3, 0.4) is 0 Å². The average molecular weight is 523 g/mol. The van der Waals surface area contributed by atoms with Gasteiger partial charge >= 0.3 is 5.92 Å². The van der Waals surface area contributed by atoms with Gasteiger partial charge in [0.1, 0.15) is 11.6 Å². The number of fused-ring (bicyclic) bond motifs is 1. The van der Waals surface area contributed by atoms with Gasteiger partial charge in [-0.2, -0.15) is 13.9 Å². The molecular formula is C28H25F3N4O3. The molecule has 0 spiro atoms. The highest BCUT2D eigenvalue weighted by Gasteiger charge is 2.49. The summed E-state index contributed by atoms with van der Waals surface area (Å²) in [6.45, 7) is 2.14. The summed E-state index contributed by atoms with van der Waals surface area (Å²) >= 11 is 0. The van der Waals surface area contributed by atoms with E-state index in [4.69, 9.17) is 4.74 Å². The summed E-state index contributed by atoms with van der Waals surface area (Å²) in [5.41, 5.74) is 2.57. The third-order valence-corrected chi connectivity index (χ3v) is 6.84. The molecule has 1 saturated heterocycles. The average Bonchev–Trinajstić information content (AvgIpc) is 3.42. The predicted molar refractivity (Wildman–Crippen MR) is 136 cm³/mol. The first kappa shape index (κ1) is 25.3. The molecule has 38 heavy (non-hydrogen) atoms. The molecule has 7 nitrogen and oxygen atoms in total. The molecule has 1 N–H and O–H groups in total. The van der Waals surface area contributed by atoms with Crippen molar-refractivity contribution in [3.05, 3.63) is 84.3 Å². The van der Waals surface area contributed by atoms with Gasteiger partial charge in [0.25, 0.3) is 5.91 Å². The van der Waals surface area contributed by atoms with Gasteiger partial charge < -0.3 is 15.0 Å².